The monoisotopic (exact) mass is 376 g/mol. The van der Waals surface area contributed by atoms with E-state index < -0.39 is 0 Å². The standard InChI is InChI=1S/C27H20O2/c1-19-7-6-12-26(28-24-15-13-20-8-2-4-10-22(20)17-24)27(19)29-25-16-14-21-9-3-5-11-23(21)18-25/h2-18H,1H3. The molecule has 0 amide bonds. The predicted octanol–water partition coefficient (Wildman–Crippen LogP) is 7.89. The predicted molar refractivity (Wildman–Crippen MR) is 119 cm³/mol. The van der Waals surface area contributed by atoms with Crippen molar-refractivity contribution in [1.29, 1.82) is 0 Å². The van der Waals surface area contributed by atoms with Crippen LogP contribution in [0.4, 0.5) is 0 Å². The van der Waals surface area contributed by atoms with E-state index in [1.54, 1.807) is 0 Å². The molecule has 0 saturated carbocycles. The zero-order valence-electron chi connectivity index (χ0n) is 16.1. The van der Waals surface area contributed by atoms with Crippen molar-refractivity contribution in [3.63, 3.8) is 0 Å². The van der Waals surface area contributed by atoms with E-state index in [1.165, 1.54) is 10.8 Å². The Bertz CT molecular complexity index is 1320. The van der Waals surface area contributed by atoms with Crippen molar-refractivity contribution in [1.82, 2.24) is 0 Å². The van der Waals surface area contributed by atoms with Gasteiger partial charge >= 0.3 is 0 Å². The molecular weight excluding hydrogens is 356 g/mol. The molecule has 0 spiro atoms. The molecule has 0 radical (unpaired) electrons. The van der Waals surface area contributed by atoms with Crippen molar-refractivity contribution in [2.75, 3.05) is 0 Å². The van der Waals surface area contributed by atoms with Crippen LogP contribution in [0.2, 0.25) is 0 Å². The molecule has 5 aromatic rings. The SMILES string of the molecule is Cc1cccc(Oc2ccc3ccccc3c2)c1Oc1ccc2ccccc2c1. The molecule has 2 heteroatoms. The van der Waals surface area contributed by atoms with E-state index in [0.29, 0.717) is 5.75 Å². The molecule has 0 aliphatic carbocycles. The average molecular weight is 376 g/mol. The zero-order chi connectivity index (χ0) is 19.6. The van der Waals surface area contributed by atoms with Gasteiger partial charge in [-0.15, -0.1) is 0 Å². The normalized spacial score (nSPS) is 10.9. The minimum absolute atomic E-state index is 0.702. The lowest BCUT2D eigenvalue weighted by molar-refractivity contribution is 0.417. The third kappa shape index (κ3) is 3.53. The minimum atomic E-state index is 0.702. The molecule has 0 aromatic heterocycles. The van der Waals surface area contributed by atoms with E-state index in [0.717, 1.165) is 33.6 Å². The van der Waals surface area contributed by atoms with E-state index in [9.17, 15) is 0 Å². The van der Waals surface area contributed by atoms with Crippen molar-refractivity contribution >= 4 is 21.5 Å². The van der Waals surface area contributed by atoms with Crippen molar-refractivity contribution in [3.05, 3.63) is 109 Å². The van der Waals surface area contributed by atoms with Gasteiger partial charge in [0.15, 0.2) is 11.5 Å². The maximum Gasteiger partial charge on any atom is 0.172 e. The maximum absolute atomic E-state index is 6.28. The molecule has 5 aromatic carbocycles. The Balaban J connectivity index is 1.49. The van der Waals surface area contributed by atoms with Crippen LogP contribution in [0.1, 0.15) is 5.56 Å². The van der Waals surface area contributed by atoms with Gasteiger partial charge in [0.05, 0.1) is 0 Å². The van der Waals surface area contributed by atoms with E-state index in [1.807, 2.05) is 61.5 Å². The van der Waals surface area contributed by atoms with E-state index >= 15 is 0 Å². The summed E-state index contributed by atoms with van der Waals surface area (Å²) in [6, 6.07) is 34.7. The Kier molecular flexibility index (Phi) is 4.38. The highest BCUT2D eigenvalue weighted by molar-refractivity contribution is 5.84. The first kappa shape index (κ1) is 17.3. The second kappa shape index (κ2) is 7.33. The molecule has 0 heterocycles. The second-order valence-electron chi connectivity index (χ2n) is 7.12. The maximum atomic E-state index is 6.28. The number of rotatable bonds is 4. The van der Waals surface area contributed by atoms with Crippen LogP contribution in [-0.4, -0.2) is 0 Å². The molecule has 0 bridgehead atoms. The highest BCUT2D eigenvalue weighted by Gasteiger charge is 2.11. The lowest BCUT2D eigenvalue weighted by atomic mass is 10.1. The van der Waals surface area contributed by atoms with Crippen LogP contribution in [-0.2, 0) is 0 Å². The number of hydrogen-bond acceptors (Lipinski definition) is 2. The topological polar surface area (TPSA) is 18.5 Å². The lowest BCUT2D eigenvalue weighted by Crippen LogP contribution is -1.93. The first-order valence-corrected chi connectivity index (χ1v) is 9.69. The Morgan fingerprint density at radius 3 is 1.66 bits per heavy atom. The van der Waals surface area contributed by atoms with Crippen LogP contribution in [0.3, 0.4) is 0 Å². The Labute approximate surface area is 170 Å². The Hall–Kier alpha value is -3.78. The van der Waals surface area contributed by atoms with Gasteiger partial charge in [-0.2, -0.15) is 0 Å². The molecule has 29 heavy (non-hydrogen) atoms. The van der Waals surface area contributed by atoms with Gasteiger partial charge in [0, 0.05) is 0 Å². The van der Waals surface area contributed by atoms with Gasteiger partial charge in [-0.05, 0) is 64.4 Å². The van der Waals surface area contributed by atoms with Crippen LogP contribution < -0.4 is 9.47 Å². The summed E-state index contributed by atoms with van der Waals surface area (Å²) < 4.78 is 12.5. The van der Waals surface area contributed by atoms with Crippen LogP contribution in [0.5, 0.6) is 23.0 Å². The molecule has 0 unspecified atom stereocenters. The summed E-state index contributed by atoms with van der Waals surface area (Å²) in [6.45, 7) is 2.03. The summed E-state index contributed by atoms with van der Waals surface area (Å²) in [5, 5.41) is 4.68. The number of para-hydroxylation sites is 1. The third-order valence-electron chi connectivity index (χ3n) is 5.07. The fraction of sp³-hybridized carbons (Fsp3) is 0.0370. The van der Waals surface area contributed by atoms with E-state index in [-0.39, 0.29) is 0 Å². The molecule has 0 fully saturated rings. The first-order valence-electron chi connectivity index (χ1n) is 9.69. The van der Waals surface area contributed by atoms with E-state index in [4.69, 9.17) is 9.47 Å². The summed E-state index contributed by atoms with van der Waals surface area (Å²) in [5.41, 5.74) is 1.02. The molecule has 0 N–H and O–H groups in total. The Morgan fingerprint density at radius 2 is 1.03 bits per heavy atom. The number of fused-ring (bicyclic) bond motifs is 2. The molecule has 0 atom stereocenters. The quantitative estimate of drug-likeness (QED) is 0.317. The molecule has 140 valence electrons. The van der Waals surface area contributed by atoms with E-state index in [2.05, 4.69) is 48.5 Å². The third-order valence-corrected chi connectivity index (χ3v) is 5.07. The minimum Gasteiger partial charge on any atom is -0.453 e. The highest BCUT2D eigenvalue weighted by Crippen LogP contribution is 2.38. The van der Waals surface area contributed by atoms with Gasteiger partial charge in [-0.3, -0.25) is 0 Å². The van der Waals surface area contributed by atoms with Crippen molar-refractivity contribution < 1.29 is 9.47 Å². The summed E-state index contributed by atoms with van der Waals surface area (Å²) >= 11 is 0. The number of aryl methyl sites for hydroxylation is 1. The lowest BCUT2D eigenvalue weighted by Gasteiger charge is -2.15. The van der Waals surface area contributed by atoms with Gasteiger partial charge in [0.1, 0.15) is 11.5 Å². The summed E-state index contributed by atoms with van der Waals surface area (Å²) in [6.07, 6.45) is 0. The molecule has 0 aliphatic heterocycles. The molecular formula is C27H20O2. The van der Waals surface area contributed by atoms with Gasteiger partial charge < -0.3 is 9.47 Å². The number of hydrogen-bond donors (Lipinski definition) is 0. The van der Waals surface area contributed by atoms with Gasteiger partial charge in [-0.25, -0.2) is 0 Å². The van der Waals surface area contributed by atoms with Crippen molar-refractivity contribution in [3.8, 4) is 23.0 Å². The Morgan fingerprint density at radius 1 is 0.483 bits per heavy atom. The van der Waals surface area contributed by atoms with Crippen molar-refractivity contribution in [2.24, 2.45) is 0 Å². The van der Waals surface area contributed by atoms with Gasteiger partial charge in [0.2, 0.25) is 0 Å². The summed E-state index contributed by atoms with van der Waals surface area (Å²) in [4.78, 5) is 0. The molecule has 0 saturated heterocycles. The molecule has 5 rings (SSSR count). The fourth-order valence-electron chi connectivity index (χ4n) is 3.54. The van der Waals surface area contributed by atoms with Crippen LogP contribution in [0.25, 0.3) is 21.5 Å². The number of benzene rings is 5. The van der Waals surface area contributed by atoms with Gasteiger partial charge in [-0.1, -0.05) is 72.8 Å². The summed E-state index contributed by atoms with van der Waals surface area (Å²) in [7, 11) is 0. The first-order chi connectivity index (χ1) is 14.3. The van der Waals surface area contributed by atoms with Crippen molar-refractivity contribution in [2.45, 2.75) is 6.92 Å². The van der Waals surface area contributed by atoms with Gasteiger partial charge in [0.25, 0.3) is 0 Å². The molecule has 0 aliphatic rings. The van der Waals surface area contributed by atoms with Crippen LogP contribution >= 0.6 is 0 Å². The smallest absolute Gasteiger partial charge is 0.172 e. The second-order valence-corrected chi connectivity index (χ2v) is 7.12. The number of ether oxygens (including phenoxy) is 2. The summed E-state index contributed by atoms with van der Waals surface area (Å²) in [5.74, 6) is 3.02. The average Bonchev–Trinajstić information content (AvgIpc) is 2.76. The molecule has 2 nitrogen and oxygen atoms in total. The largest absolute Gasteiger partial charge is 0.453 e. The highest BCUT2D eigenvalue weighted by atomic mass is 16.5. The van der Waals surface area contributed by atoms with Crippen LogP contribution in [0.15, 0.2) is 103 Å². The van der Waals surface area contributed by atoms with Crippen LogP contribution in [0, 0.1) is 6.92 Å². The fourth-order valence-corrected chi connectivity index (χ4v) is 3.54. The zero-order valence-corrected chi connectivity index (χ0v) is 16.1.